The van der Waals surface area contributed by atoms with Crippen molar-refractivity contribution in [3.63, 3.8) is 0 Å². The molecule has 108 valence electrons. The first kappa shape index (κ1) is 14.4. The molecular weight excluding hydrogens is 282 g/mol. The molecule has 0 aliphatic carbocycles. The van der Waals surface area contributed by atoms with E-state index in [1.807, 2.05) is 0 Å². The minimum absolute atomic E-state index is 0.0385. The molecule has 0 aliphatic rings. The fourth-order valence-electron chi connectivity index (χ4n) is 1.61. The van der Waals surface area contributed by atoms with E-state index in [1.165, 1.54) is 12.1 Å². The second kappa shape index (κ2) is 5.58. The number of nitrogen functional groups attached to an aromatic ring is 1. The molecular formula is C14H10F2N2O3. The van der Waals surface area contributed by atoms with Gasteiger partial charge in [-0.05, 0) is 36.4 Å². The van der Waals surface area contributed by atoms with Crippen molar-refractivity contribution in [3.05, 3.63) is 59.2 Å². The summed E-state index contributed by atoms with van der Waals surface area (Å²) in [6, 6.07) is 6.47. The lowest BCUT2D eigenvalue weighted by Gasteiger charge is -2.07. The largest absolute Gasteiger partial charge is 0.478 e. The summed E-state index contributed by atoms with van der Waals surface area (Å²) < 4.78 is 26.9. The minimum atomic E-state index is -1.28. The van der Waals surface area contributed by atoms with Crippen LogP contribution in [-0.4, -0.2) is 17.0 Å². The highest BCUT2D eigenvalue weighted by molar-refractivity contribution is 6.04. The average molecular weight is 292 g/mol. The summed E-state index contributed by atoms with van der Waals surface area (Å²) in [5, 5.41) is 10.9. The van der Waals surface area contributed by atoms with Gasteiger partial charge in [0, 0.05) is 5.56 Å². The zero-order chi connectivity index (χ0) is 15.6. The Morgan fingerprint density at radius 3 is 2.19 bits per heavy atom. The molecule has 0 bridgehead atoms. The van der Waals surface area contributed by atoms with Gasteiger partial charge >= 0.3 is 5.97 Å². The van der Waals surface area contributed by atoms with Crippen LogP contribution in [0.4, 0.5) is 20.2 Å². The highest BCUT2D eigenvalue weighted by Crippen LogP contribution is 2.18. The van der Waals surface area contributed by atoms with E-state index in [0.717, 1.165) is 24.3 Å². The Kier molecular flexibility index (Phi) is 3.84. The third-order valence-electron chi connectivity index (χ3n) is 2.73. The SMILES string of the molecule is Nc1ccc(C(=O)Nc2ccc(C(=O)O)cc2F)cc1F. The molecule has 0 radical (unpaired) electrons. The molecule has 2 rings (SSSR count). The number of rotatable bonds is 3. The second-order valence-electron chi connectivity index (χ2n) is 4.19. The van der Waals surface area contributed by atoms with Crippen LogP contribution in [0.1, 0.15) is 20.7 Å². The highest BCUT2D eigenvalue weighted by atomic mass is 19.1. The number of carboxylic acid groups (broad SMARTS) is 1. The maximum absolute atomic E-state index is 13.7. The Labute approximate surface area is 118 Å². The first-order chi connectivity index (χ1) is 9.88. The summed E-state index contributed by atoms with van der Waals surface area (Å²) >= 11 is 0. The molecule has 5 nitrogen and oxygen atoms in total. The molecule has 0 aliphatic heterocycles. The molecule has 4 N–H and O–H groups in total. The molecule has 0 saturated carbocycles. The fourth-order valence-corrected chi connectivity index (χ4v) is 1.61. The number of carboxylic acids is 1. The zero-order valence-electron chi connectivity index (χ0n) is 10.6. The third kappa shape index (κ3) is 3.14. The van der Waals surface area contributed by atoms with Crippen molar-refractivity contribution in [2.45, 2.75) is 0 Å². The van der Waals surface area contributed by atoms with E-state index >= 15 is 0 Å². The number of aromatic carboxylic acids is 1. The van der Waals surface area contributed by atoms with Crippen LogP contribution in [0.2, 0.25) is 0 Å². The molecule has 0 spiro atoms. The Bertz CT molecular complexity index is 732. The third-order valence-corrected chi connectivity index (χ3v) is 2.73. The van der Waals surface area contributed by atoms with Gasteiger partial charge in [0.2, 0.25) is 0 Å². The molecule has 7 heteroatoms. The molecule has 21 heavy (non-hydrogen) atoms. The quantitative estimate of drug-likeness (QED) is 0.758. The van der Waals surface area contributed by atoms with Crippen LogP contribution in [-0.2, 0) is 0 Å². The Morgan fingerprint density at radius 2 is 1.62 bits per heavy atom. The second-order valence-corrected chi connectivity index (χ2v) is 4.19. The van der Waals surface area contributed by atoms with Gasteiger partial charge in [-0.25, -0.2) is 13.6 Å². The monoisotopic (exact) mass is 292 g/mol. The van der Waals surface area contributed by atoms with Crippen LogP contribution in [0.15, 0.2) is 36.4 Å². The van der Waals surface area contributed by atoms with Gasteiger partial charge in [0.25, 0.3) is 5.91 Å². The van der Waals surface area contributed by atoms with Crippen LogP contribution in [0.25, 0.3) is 0 Å². The van der Waals surface area contributed by atoms with Crippen molar-refractivity contribution in [2.24, 2.45) is 0 Å². The van der Waals surface area contributed by atoms with Crippen LogP contribution >= 0.6 is 0 Å². The maximum atomic E-state index is 13.7. The maximum Gasteiger partial charge on any atom is 0.335 e. The molecule has 0 fully saturated rings. The van der Waals surface area contributed by atoms with Gasteiger partial charge in [0.05, 0.1) is 16.9 Å². The number of amides is 1. The van der Waals surface area contributed by atoms with Crippen LogP contribution in [0, 0.1) is 11.6 Å². The fraction of sp³-hybridized carbons (Fsp3) is 0. The minimum Gasteiger partial charge on any atom is -0.478 e. The van der Waals surface area contributed by atoms with Gasteiger partial charge in [0.15, 0.2) is 0 Å². The lowest BCUT2D eigenvalue weighted by atomic mass is 10.1. The molecule has 2 aromatic rings. The number of carbonyl (C=O) groups is 2. The van der Waals surface area contributed by atoms with Crippen molar-refractivity contribution in [2.75, 3.05) is 11.1 Å². The van der Waals surface area contributed by atoms with Crippen molar-refractivity contribution < 1.29 is 23.5 Å². The van der Waals surface area contributed by atoms with E-state index in [4.69, 9.17) is 10.8 Å². The van der Waals surface area contributed by atoms with Gasteiger partial charge in [-0.15, -0.1) is 0 Å². The van der Waals surface area contributed by atoms with E-state index in [2.05, 4.69) is 5.32 Å². The van der Waals surface area contributed by atoms with Crippen molar-refractivity contribution >= 4 is 23.3 Å². The van der Waals surface area contributed by atoms with E-state index < -0.39 is 23.5 Å². The standard InChI is InChI=1S/C14H10F2N2O3/c15-9-5-7(1-3-11(9)17)13(19)18-12-4-2-8(14(20)21)6-10(12)16/h1-6H,17H2,(H,18,19)(H,20,21). The predicted molar refractivity (Wildman–Crippen MR) is 72.1 cm³/mol. The summed E-state index contributed by atoms with van der Waals surface area (Å²) in [4.78, 5) is 22.5. The normalized spacial score (nSPS) is 10.2. The highest BCUT2D eigenvalue weighted by Gasteiger charge is 2.13. The summed E-state index contributed by atoms with van der Waals surface area (Å²) in [6.45, 7) is 0. The van der Waals surface area contributed by atoms with Crippen molar-refractivity contribution in [1.82, 2.24) is 0 Å². The lowest BCUT2D eigenvalue weighted by molar-refractivity contribution is 0.0696. The first-order valence-corrected chi connectivity index (χ1v) is 5.77. The summed E-state index contributed by atoms with van der Waals surface area (Å²) in [5.41, 5.74) is 4.69. The van der Waals surface area contributed by atoms with Crippen molar-refractivity contribution in [3.8, 4) is 0 Å². The molecule has 0 unspecified atom stereocenters. The summed E-state index contributed by atoms with van der Waals surface area (Å²) in [5.74, 6) is -3.69. The number of anilines is 2. The predicted octanol–water partition coefficient (Wildman–Crippen LogP) is 2.50. The number of hydrogen-bond acceptors (Lipinski definition) is 3. The van der Waals surface area contributed by atoms with E-state index in [0.29, 0.717) is 0 Å². The number of halogens is 2. The van der Waals surface area contributed by atoms with E-state index in [-0.39, 0.29) is 22.5 Å². The van der Waals surface area contributed by atoms with Gasteiger partial charge < -0.3 is 16.2 Å². The van der Waals surface area contributed by atoms with Crippen LogP contribution < -0.4 is 11.1 Å². The molecule has 0 saturated heterocycles. The molecule has 2 aromatic carbocycles. The number of hydrogen-bond donors (Lipinski definition) is 3. The number of carbonyl (C=O) groups excluding carboxylic acids is 1. The summed E-state index contributed by atoms with van der Waals surface area (Å²) in [6.07, 6.45) is 0. The Morgan fingerprint density at radius 1 is 1.00 bits per heavy atom. The smallest absolute Gasteiger partial charge is 0.335 e. The van der Waals surface area contributed by atoms with E-state index in [9.17, 15) is 18.4 Å². The number of nitrogens with one attached hydrogen (secondary N) is 1. The Hall–Kier alpha value is -2.96. The molecule has 0 aromatic heterocycles. The van der Waals surface area contributed by atoms with Gasteiger partial charge in [0.1, 0.15) is 11.6 Å². The number of nitrogens with two attached hydrogens (primary N) is 1. The van der Waals surface area contributed by atoms with Crippen LogP contribution in [0.3, 0.4) is 0 Å². The van der Waals surface area contributed by atoms with Gasteiger partial charge in [-0.2, -0.15) is 0 Å². The first-order valence-electron chi connectivity index (χ1n) is 5.77. The summed E-state index contributed by atoms with van der Waals surface area (Å²) in [7, 11) is 0. The molecule has 1 amide bonds. The van der Waals surface area contributed by atoms with Crippen LogP contribution in [0.5, 0.6) is 0 Å². The average Bonchev–Trinajstić information content (AvgIpc) is 2.43. The van der Waals surface area contributed by atoms with Crippen molar-refractivity contribution in [1.29, 1.82) is 0 Å². The lowest BCUT2D eigenvalue weighted by Crippen LogP contribution is -2.14. The Balaban J connectivity index is 2.23. The molecule has 0 atom stereocenters. The van der Waals surface area contributed by atoms with E-state index in [1.54, 1.807) is 0 Å². The van der Waals surface area contributed by atoms with Gasteiger partial charge in [-0.1, -0.05) is 0 Å². The zero-order valence-corrected chi connectivity index (χ0v) is 10.6. The van der Waals surface area contributed by atoms with Gasteiger partial charge in [-0.3, -0.25) is 4.79 Å². The topological polar surface area (TPSA) is 92.4 Å². The number of benzene rings is 2. The molecule has 0 heterocycles.